The first kappa shape index (κ1) is 20.3. The molecule has 2 heterocycles. The smallest absolute Gasteiger partial charge is 0.152 e. The molecule has 2 aromatic carbocycles. The van der Waals surface area contributed by atoms with E-state index in [1.807, 2.05) is 60.7 Å². The molecule has 5 N–H and O–H groups in total. The first-order chi connectivity index (χ1) is 14.9. The topological polar surface area (TPSA) is 125 Å². The van der Waals surface area contributed by atoms with Crippen molar-refractivity contribution in [2.75, 3.05) is 0 Å². The molecule has 0 bridgehead atoms. The molecule has 0 aliphatic carbocycles. The van der Waals surface area contributed by atoms with Gasteiger partial charge in [-0.05, 0) is 61.2 Å². The second-order valence-electron chi connectivity index (χ2n) is 7.38. The molecule has 0 saturated heterocycles. The average Bonchev–Trinajstić information content (AvgIpc) is 3.33. The summed E-state index contributed by atoms with van der Waals surface area (Å²) in [5, 5.41) is 12.8. The molecule has 9 heteroatoms. The van der Waals surface area contributed by atoms with Crippen LogP contribution in [0.3, 0.4) is 0 Å². The van der Waals surface area contributed by atoms with Gasteiger partial charge in [-0.3, -0.25) is 0 Å². The van der Waals surface area contributed by atoms with E-state index in [-0.39, 0.29) is 0 Å². The SMILES string of the molecule is Cc1cnn(-c2ccc(/C(N)=N/NN)c(-c3ccc(Cn4nc(C)nc4C)cc3)c2)c1. The molecule has 9 nitrogen and oxygen atoms in total. The zero-order valence-corrected chi connectivity index (χ0v) is 17.7. The van der Waals surface area contributed by atoms with Crippen LogP contribution >= 0.6 is 0 Å². The van der Waals surface area contributed by atoms with Crippen LogP contribution in [0.15, 0.2) is 60.0 Å². The van der Waals surface area contributed by atoms with Crippen LogP contribution in [0.5, 0.6) is 0 Å². The van der Waals surface area contributed by atoms with Gasteiger partial charge in [-0.2, -0.15) is 10.2 Å². The number of amidine groups is 1. The number of nitrogens with zero attached hydrogens (tertiary/aromatic N) is 6. The summed E-state index contributed by atoms with van der Waals surface area (Å²) < 4.78 is 3.73. The van der Waals surface area contributed by atoms with Gasteiger partial charge in [0, 0.05) is 11.8 Å². The molecule has 0 spiro atoms. The van der Waals surface area contributed by atoms with E-state index in [1.54, 1.807) is 0 Å². The number of hydrogen-bond donors (Lipinski definition) is 3. The van der Waals surface area contributed by atoms with Crippen LogP contribution in [0.2, 0.25) is 0 Å². The summed E-state index contributed by atoms with van der Waals surface area (Å²) in [4.78, 5) is 4.36. The zero-order chi connectivity index (χ0) is 22.0. The van der Waals surface area contributed by atoms with Crippen molar-refractivity contribution in [2.24, 2.45) is 16.7 Å². The van der Waals surface area contributed by atoms with E-state index in [1.165, 1.54) is 0 Å². The van der Waals surface area contributed by atoms with E-state index in [0.29, 0.717) is 12.4 Å². The van der Waals surface area contributed by atoms with Crippen molar-refractivity contribution in [3.05, 3.63) is 83.2 Å². The molecule has 0 amide bonds. The summed E-state index contributed by atoms with van der Waals surface area (Å²) in [6, 6.07) is 14.2. The van der Waals surface area contributed by atoms with Gasteiger partial charge in [0.1, 0.15) is 11.6 Å². The third-order valence-corrected chi connectivity index (χ3v) is 5.00. The predicted molar refractivity (Wildman–Crippen MR) is 120 cm³/mol. The average molecular weight is 416 g/mol. The molecule has 158 valence electrons. The molecule has 31 heavy (non-hydrogen) atoms. The highest BCUT2D eigenvalue weighted by molar-refractivity contribution is 6.03. The van der Waals surface area contributed by atoms with Crippen molar-refractivity contribution in [1.82, 2.24) is 30.1 Å². The fourth-order valence-corrected chi connectivity index (χ4v) is 3.49. The van der Waals surface area contributed by atoms with Gasteiger partial charge in [-0.1, -0.05) is 24.3 Å². The molecule has 0 aliphatic heterocycles. The Labute approximate surface area is 180 Å². The molecule has 2 aromatic heterocycles. The summed E-state index contributed by atoms with van der Waals surface area (Å²) >= 11 is 0. The number of hydrazine groups is 1. The van der Waals surface area contributed by atoms with Crippen molar-refractivity contribution >= 4 is 5.84 Å². The first-order valence-electron chi connectivity index (χ1n) is 9.87. The van der Waals surface area contributed by atoms with Gasteiger partial charge in [0.2, 0.25) is 0 Å². The highest BCUT2D eigenvalue weighted by atomic mass is 15.5. The Hall–Kier alpha value is -3.98. The van der Waals surface area contributed by atoms with Gasteiger partial charge in [0.15, 0.2) is 5.84 Å². The highest BCUT2D eigenvalue weighted by Gasteiger charge is 2.12. The summed E-state index contributed by atoms with van der Waals surface area (Å²) in [7, 11) is 0. The molecule has 4 aromatic rings. The lowest BCUT2D eigenvalue weighted by Gasteiger charge is -2.13. The van der Waals surface area contributed by atoms with Crippen LogP contribution in [0, 0.1) is 20.8 Å². The summed E-state index contributed by atoms with van der Waals surface area (Å²) in [5.41, 5.74) is 14.3. The Morgan fingerprint density at radius 1 is 1.10 bits per heavy atom. The highest BCUT2D eigenvalue weighted by Crippen LogP contribution is 2.27. The van der Waals surface area contributed by atoms with Crippen molar-refractivity contribution in [1.29, 1.82) is 0 Å². The number of rotatable bonds is 6. The molecule has 0 radical (unpaired) electrons. The van der Waals surface area contributed by atoms with E-state index >= 15 is 0 Å². The Morgan fingerprint density at radius 2 is 1.87 bits per heavy atom. The first-order valence-corrected chi connectivity index (χ1v) is 9.87. The third-order valence-electron chi connectivity index (χ3n) is 5.00. The summed E-state index contributed by atoms with van der Waals surface area (Å²) in [6.45, 7) is 6.52. The number of hydrogen-bond acceptors (Lipinski definition) is 6. The lowest BCUT2D eigenvalue weighted by atomic mass is 9.97. The number of nitrogens with one attached hydrogen (secondary N) is 1. The van der Waals surface area contributed by atoms with Crippen molar-refractivity contribution in [3.8, 4) is 16.8 Å². The molecular formula is C22H25N9. The molecule has 0 unspecified atom stereocenters. The van der Waals surface area contributed by atoms with Crippen LogP contribution in [0.1, 0.15) is 28.3 Å². The van der Waals surface area contributed by atoms with Crippen LogP contribution in [0.25, 0.3) is 16.8 Å². The van der Waals surface area contributed by atoms with Crippen LogP contribution in [-0.2, 0) is 6.54 Å². The van der Waals surface area contributed by atoms with Gasteiger partial charge in [0.05, 0.1) is 18.4 Å². The van der Waals surface area contributed by atoms with E-state index in [9.17, 15) is 0 Å². The number of hydrazone groups is 1. The van der Waals surface area contributed by atoms with Gasteiger partial charge in [-0.15, -0.1) is 5.10 Å². The fourth-order valence-electron chi connectivity index (χ4n) is 3.49. The third kappa shape index (κ3) is 4.31. The van der Waals surface area contributed by atoms with Crippen molar-refractivity contribution in [2.45, 2.75) is 27.3 Å². The predicted octanol–water partition coefficient (Wildman–Crippen LogP) is 2.19. The molecule has 0 fully saturated rings. The zero-order valence-electron chi connectivity index (χ0n) is 17.7. The maximum absolute atomic E-state index is 6.15. The fraction of sp³-hybridized carbons (Fsp3) is 0.182. The van der Waals surface area contributed by atoms with Gasteiger partial charge < -0.3 is 5.73 Å². The normalized spacial score (nSPS) is 11.7. The Balaban J connectivity index is 1.72. The van der Waals surface area contributed by atoms with Crippen molar-refractivity contribution < 1.29 is 0 Å². The minimum Gasteiger partial charge on any atom is -0.382 e. The minimum atomic E-state index is 0.304. The monoisotopic (exact) mass is 415 g/mol. The van der Waals surface area contributed by atoms with E-state index < -0.39 is 0 Å². The van der Waals surface area contributed by atoms with Gasteiger partial charge in [-0.25, -0.2) is 25.7 Å². The molecule has 0 aliphatic rings. The summed E-state index contributed by atoms with van der Waals surface area (Å²) in [6.07, 6.45) is 3.80. The quantitative estimate of drug-likeness (QED) is 0.192. The van der Waals surface area contributed by atoms with E-state index in [2.05, 4.69) is 50.1 Å². The second-order valence-corrected chi connectivity index (χ2v) is 7.38. The molecular weight excluding hydrogens is 390 g/mol. The molecule has 0 saturated carbocycles. The minimum absolute atomic E-state index is 0.304. The molecule has 0 atom stereocenters. The Morgan fingerprint density at radius 3 is 2.48 bits per heavy atom. The van der Waals surface area contributed by atoms with Crippen LogP contribution < -0.4 is 17.1 Å². The standard InChI is InChI=1S/C22H25N9/c1-14-11-25-31(12-14)19-8-9-20(22(23)27-29-24)21(10-19)18-6-4-17(5-7-18)13-30-16(3)26-15(2)28-30/h4-12,29H,13,24H2,1-3H3,(H2,23,27). The number of nitrogens with two attached hydrogens (primary N) is 2. The second kappa shape index (κ2) is 8.41. The van der Waals surface area contributed by atoms with Crippen LogP contribution in [0.4, 0.5) is 0 Å². The van der Waals surface area contributed by atoms with E-state index in [0.717, 1.165) is 45.2 Å². The van der Waals surface area contributed by atoms with Gasteiger partial charge in [0.25, 0.3) is 0 Å². The van der Waals surface area contributed by atoms with Crippen molar-refractivity contribution in [3.63, 3.8) is 0 Å². The number of aromatic nitrogens is 5. The Kier molecular flexibility index (Phi) is 5.50. The Bertz CT molecular complexity index is 1230. The molecule has 4 rings (SSSR count). The largest absolute Gasteiger partial charge is 0.382 e. The van der Waals surface area contributed by atoms with E-state index in [4.69, 9.17) is 11.6 Å². The number of benzene rings is 2. The maximum Gasteiger partial charge on any atom is 0.152 e. The lowest BCUT2D eigenvalue weighted by molar-refractivity contribution is 0.656. The van der Waals surface area contributed by atoms with Gasteiger partial charge >= 0.3 is 0 Å². The lowest BCUT2D eigenvalue weighted by Crippen LogP contribution is -2.23. The summed E-state index contributed by atoms with van der Waals surface area (Å²) in [5.74, 6) is 7.31. The van der Waals surface area contributed by atoms with Crippen LogP contribution in [-0.4, -0.2) is 30.4 Å². The number of aryl methyl sites for hydroxylation is 3. The maximum atomic E-state index is 6.15.